The van der Waals surface area contributed by atoms with Crippen LogP contribution in [0.15, 0.2) is 18.2 Å². The number of hydrogen-bond donors (Lipinski definition) is 0. The summed E-state index contributed by atoms with van der Waals surface area (Å²) in [5.41, 5.74) is 0.131. The van der Waals surface area contributed by atoms with Gasteiger partial charge in [-0.1, -0.05) is 6.07 Å². The lowest BCUT2D eigenvalue weighted by molar-refractivity contribution is 0.0197. The summed E-state index contributed by atoms with van der Waals surface area (Å²) < 4.78 is 24.4. The van der Waals surface area contributed by atoms with E-state index >= 15 is 0 Å². The molecule has 24 heavy (non-hydrogen) atoms. The molecule has 1 unspecified atom stereocenters. The second-order valence-electron chi connectivity index (χ2n) is 6.99. The first-order valence-corrected chi connectivity index (χ1v) is 8.07. The highest BCUT2D eigenvalue weighted by atomic mass is 19.1. The van der Waals surface area contributed by atoms with Crippen LogP contribution < -0.4 is 0 Å². The molecule has 0 aliphatic carbocycles. The largest absolute Gasteiger partial charge is 0.465 e. The Hall–Kier alpha value is -2.11. The third-order valence-corrected chi connectivity index (χ3v) is 3.93. The summed E-state index contributed by atoms with van der Waals surface area (Å²) in [6.07, 6.45) is 1.19. The van der Waals surface area contributed by atoms with E-state index in [1.54, 1.807) is 17.0 Å². The number of nitrogens with zero attached hydrogens (tertiary/aromatic N) is 1. The Morgan fingerprint density at radius 3 is 2.58 bits per heavy atom. The molecule has 1 atom stereocenters. The molecule has 132 valence electrons. The fraction of sp³-hybridized carbons (Fsp3) is 0.556. The normalized spacial score (nSPS) is 18.2. The van der Waals surface area contributed by atoms with Gasteiger partial charge in [0.2, 0.25) is 0 Å². The summed E-state index contributed by atoms with van der Waals surface area (Å²) in [4.78, 5) is 25.3. The summed E-state index contributed by atoms with van der Waals surface area (Å²) in [6.45, 7) is 6.46. The van der Waals surface area contributed by atoms with Gasteiger partial charge in [0.05, 0.1) is 12.7 Å². The van der Waals surface area contributed by atoms with E-state index in [1.165, 1.54) is 13.2 Å². The average Bonchev–Trinajstić information content (AvgIpc) is 2.52. The highest BCUT2D eigenvalue weighted by Crippen LogP contribution is 2.30. The second kappa shape index (κ2) is 7.20. The number of hydrogen-bond acceptors (Lipinski definition) is 4. The molecule has 2 rings (SSSR count). The first-order valence-electron chi connectivity index (χ1n) is 8.07. The minimum absolute atomic E-state index is 0.113. The molecule has 1 fully saturated rings. The molecular weight excluding hydrogens is 313 g/mol. The molecule has 0 bridgehead atoms. The van der Waals surface area contributed by atoms with Crippen molar-refractivity contribution >= 4 is 12.1 Å². The number of rotatable bonds is 2. The van der Waals surface area contributed by atoms with E-state index in [1.807, 2.05) is 20.8 Å². The van der Waals surface area contributed by atoms with Crippen LogP contribution >= 0.6 is 0 Å². The standard InChI is InChI=1S/C18H24FNO4/c1-18(2,3)24-17(22)20-9-5-6-13(11-20)14-8-7-12(10-15(14)19)16(21)23-4/h7-8,10,13H,5-6,9,11H2,1-4H3. The maximum atomic E-state index is 14.4. The van der Waals surface area contributed by atoms with Gasteiger partial charge in [-0.3, -0.25) is 0 Å². The van der Waals surface area contributed by atoms with Crippen LogP contribution in [0.25, 0.3) is 0 Å². The van der Waals surface area contributed by atoms with Gasteiger partial charge in [0, 0.05) is 19.0 Å². The van der Waals surface area contributed by atoms with E-state index in [0.717, 1.165) is 12.8 Å². The van der Waals surface area contributed by atoms with Gasteiger partial charge >= 0.3 is 12.1 Å². The average molecular weight is 337 g/mol. The predicted molar refractivity (Wildman–Crippen MR) is 87.5 cm³/mol. The molecule has 1 aliphatic heterocycles. The van der Waals surface area contributed by atoms with E-state index in [0.29, 0.717) is 18.7 Å². The van der Waals surface area contributed by atoms with Gasteiger partial charge in [0.15, 0.2) is 0 Å². The van der Waals surface area contributed by atoms with E-state index in [4.69, 9.17) is 4.74 Å². The van der Waals surface area contributed by atoms with Crippen LogP contribution in [-0.2, 0) is 9.47 Å². The first kappa shape index (κ1) is 18.2. The molecule has 1 aromatic rings. The van der Waals surface area contributed by atoms with E-state index < -0.39 is 17.4 Å². The van der Waals surface area contributed by atoms with Crippen LogP contribution in [0.2, 0.25) is 0 Å². The number of amides is 1. The Kier molecular flexibility index (Phi) is 5.47. The lowest BCUT2D eigenvalue weighted by Crippen LogP contribution is -2.42. The monoisotopic (exact) mass is 337 g/mol. The fourth-order valence-corrected chi connectivity index (χ4v) is 2.83. The molecule has 0 spiro atoms. The van der Waals surface area contributed by atoms with Crippen molar-refractivity contribution in [2.75, 3.05) is 20.2 Å². The van der Waals surface area contributed by atoms with E-state index in [9.17, 15) is 14.0 Å². The minimum atomic E-state index is -0.570. The van der Waals surface area contributed by atoms with Crippen molar-refractivity contribution in [3.05, 3.63) is 35.1 Å². The summed E-state index contributed by atoms with van der Waals surface area (Å²) in [5, 5.41) is 0. The molecule has 0 saturated carbocycles. The minimum Gasteiger partial charge on any atom is -0.465 e. The van der Waals surface area contributed by atoms with Crippen LogP contribution in [0, 0.1) is 5.82 Å². The molecule has 5 nitrogen and oxygen atoms in total. The number of piperidine rings is 1. The van der Waals surface area contributed by atoms with Crippen molar-refractivity contribution < 1.29 is 23.5 Å². The number of methoxy groups -OCH3 is 1. The Bertz CT molecular complexity index is 624. The van der Waals surface area contributed by atoms with Crippen LogP contribution in [0.1, 0.15) is 55.5 Å². The second-order valence-corrected chi connectivity index (χ2v) is 6.99. The molecule has 0 N–H and O–H groups in total. The van der Waals surface area contributed by atoms with E-state index in [-0.39, 0.29) is 17.6 Å². The van der Waals surface area contributed by atoms with Gasteiger partial charge < -0.3 is 14.4 Å². The van der Waals surface area contributed by atoms with E-state index in [2.05, 4.69) is 4.74 Å². The van der Waals surface area contributed by atoms with Crippen molar-refractivity contribution in [2.45, 2.75) is 45.1 Å². The molecule has 0 radical (unpaired) electrons. The molecule has 1 aliphatic rings. The number of halogens is 1. The topological polar surface area (TPSA) is 55.8 Å². The lowest BCUT2D eigenvalue weighted by atomic mass is 9.90. The smallest absolute Gasteiger partial charge is 0.410 e. The number of carbonyl (C=O) groups is 2. The summed E-state index contributed by atoms with van der Waals surface area (Å²) in [6, 6.07) is 4.34. The SMILES string of the molecule is COC(=O)c1ccc(C2CCCN(C(=O)OC(C)(C)C)C2)c(F)c1. The molecule has 0 aromatic heterocycles. The van der Waals surface area contributed by atoms with Crippen molar-refractivity contribution in [3.63, 3.8) is 0 Å². The highest BCUT2D eigenvalue weighted by molar-refractivity contribution is 5.89. The highest BCUT2D eigenvalue weighted by Gasteiger charge is 2.29. The van der Waals surface area contributed by atoms with Crippen molar-refractivity contribution in [1.82, 2.24) is 4.90 Å². The molecule has 1 saturated heterocycles. The number of likely N-dealkylation sites (tertiary alicyclic amines) is 1. The summed E-state index contributed by atoms with van der Waals surface area (Å²) in [5.74, 6) is -1.13. The zero-order chi connectivity index (χ0) is 17.9. The lowest BCUT2D eigenvalue weighted by Gasteiger charge is -2.34. The quantitative estimate of drug-likeness (QED) is 0.772. The third-order valence-electron chi connectivity index (χ3n) is 3.93. The molecular formula is C18H24FNO4. The fourth-order valence-electron chi connectivity index (χ4n) is 2.83. The Morgan fingerprint density at radius 1 is 1.29 bits per heavy atom. The van der Waals surface area contributed by atoms with Crippen LogP contribution in [-0.4, -0.2) is 42.8 Å². The Labute approximate surface area is 141 Å². The zero-order valence-electron chi connectivity index (χ0n) is 14.6. The van der Waals surface area contributed by atoms with Crippen molar-refractivity contribution in [3.8, 4) is 0 Å². The van der Waals surface area contributed by atoms with Gasteiger partial charge in [-0.2, -0.15) is 0 Å². The predicted octanol–water partition coefficient (Wildman–Crippen LogP) is 3.73. The first-order chi connectivity index (χ1) is 11.2. The van der Waals surface area contributed by atoms with Crippen LogP contribution in [0.3, 0.4) is 0 Å². The third kappa shape index (κ3) is 4.46. The van der Waals surface area contributed by atoms with Gasteiger partial charge in [-0.15, -0.1) is 0 Å². The maximum absolute atomic E-state index is 14.4. The molecule has 1 aromatic carbocycles. The Balaban J connectivity index is 2.12. The van der Waals surface area contributed by atoms with Gasteiger partial charge in [0.1, 0.15) is 11.4 Å². The van der Waals surface area contributed by atoms with Crippen molar-refractivity contribution in [1.29, 1.82) is 0 Å². The molecule has 1 amide bonds. The van der Waals surface area contributed by atoms with Gasteiger partial charge in [-0.25, -0.2) is 14.0 Å². The van der Waals surface area contributed by atoms with Crippen molar-refractivity contribution in [2.24, 2.45) is 0 Å². The maximum Gasteiger partial charge on any atom is 0.410 e. The van der Waals surface area contributed by atoms with Crippen LogP contribution in [0.4, 0.5) is 9.18 Å². The number of ether oxygens (including phenoxy) is 2. The number of benzene rings is 1. The Morgan fingerprint density at radius 2 is 2.00 bits per heavy atom. The molecule has 1 heterocycles. The van der Waals surface area contributed by atoms with Crippen LogP contribution in [0.5, 0.6) is 0 Å². The summed E-state index contributed by atoms with van der Waals surface area (Å²) >= 11 is 0. The number of carbonyl (C=O) groups excluding carboxylic acids is 2. The van der Waals surface area contributed by atoms with Gasteiger partial charge in [-0.05, 0) is 51.3 Å². The summed E-state index contributed by atoms with van der Waals surface area (Å²) in [7, 11) is 1.26. The molecule has 6 heteroatoms. The number of esters is 1. The van der Waals surface area contributed by atoms with Gasteiger partial charge in [0.25, 0.3) is 0 Å². The zero-order valence-corrected chi connectivity index (χ0v) is 14.6.